The fourth-order valence-electron chi connectivity index (χ4n) is 6.04. The van der Waals surface area contributed by atoms with E-state index in [4.69, 9.17) is 14.2 Å². The molecule has 0 bridgehead atoms. The second-order valence-corrected chi connectivity index (χ2v) is 11.8. The van der Waals surface area contributed by atoms with E-state index in [-0.39, 0.29) is 6.04 Å². The Hall–Kier alpha value is -3.07. The Morgan fingerprint density at radius 3 is 2.00 bits per heavy atom. The molecule has 0 aliphatic rings. The van der Waals surface area contributed by atoms with Gasteiger partial charge in [0.2, 0.25) is 0 Å². The zero-order chi connectivity index (χ0) is 31.2. The average molecular weight is 592 g/mol. The molecule has 6 nitrogen and oxygen atoms in total. The second kappa shape index (κ2) is 21.6. The van der Waals surface area contributed by atoms with Gasteiger partial charge in [0.05, 0.1) is 38.9 Å². The highest BCUT2D eigenvalue weighted by molar-refractivity contribution is 5.47. The monoisotopic (exact) mass is 591 g/mol. The molecule has 2 rings (SSSR count). The molecule has 0 aliphatic carbocycles. The lowest BCUT2D eigenvalue weighted by Gasteiger charge is -2.28. The van der Waals surface area contributed by atoms with Crippen molar-refractivity contribution in [1.82, 2.24) is 0 Å². The number of benzene rings is 2. The summed E-state index contributed by atoms with van der Waals surface area (Å²) >= 11 is 0. The maximum atomic E-state index is 10.7. The normalized spacial score (nSPS) is 13.4. The van der Waals surface area contributed by atoms with E-state index >= 15 is 0 Å². The van der Waals surface area contributed by atoms with E-state index in [9.17, 15) is 5.26 Å². The summed E-state index contributed by atoms with van der Waals surface area (Å²) < 4.78 is 16.5. The van der Waals surface area contributed by atoms with Crippen molar-refractivity contribution in [2.45, 2.75) is 128 Å². The third kappa shape index (κ3) is 13.0. The van der Waals surface area contributed by atoms with Crippen LogP contribution < -0.4 is 14.2 Å². The van der Waals surface area contributed by atoms with Crippen LogP contribution in [0.4, 0.5) is 0 Å². The molecule has 2 atom stereocenters. The minimum Gasteiger partial charge on any atom is -0.497 e. The van der Waals surface area contributed by atoms with Crippen LogP contribution in [0, 0.1) is 11.3 Å². The number of hydrogen-bond donors (Lipinski definition) is 0. The first-order valence-corrected chi connectivity index (χ1v) is 16.6. The molecular formula is C37H57N3O3. The first-order valence-electron chi connectivity index (χ1n) is 16.6. The summed E-state index contributed by atoms with van der Waals surface area (Å²) in [5, 5.41) is 19.4. The molecular weight excluding hydrogens is 534 g/mol. The zero-order valence-corrected chi connectivity index (χ0v) is 27.7. The molecule has 0 aromatic heterocycles. The molecule has 6 heteroatoms. The molecule has 0 fully saturated rings. The molecule has 2 aromatic rings. The summed E-state index contributed by atoms with van der Waals surface area (Å²) in [4.78, 5) is 0. The van der Waals surface area contributed by atoms with Crippen molar-refractivity contribution in [3.63, 3.8) is 0 Å². The molecule has 0 spiro atoms. The Labute approximate surface area is 262 Å². The van der Waals surface area contributed by atoms with Gasteiger partial charge in [0.25, 0.3) is 0 Å². The van der Waals surface area contributed by atoms with Crippen LogP contribution in [0.2, 0.25) is 0 Å². The van der Waals surface area contributed by atoms with E-state index in [1.54, 1.807) is 28.4 Å². The van der Waals surface area contributed by atoms with Gasteiger partial charge in [-0.05, 0) is 73.9 Å². The number of nitrogens with zero attached hydrogens (tertiary/aromatic N) is 3. The number of azo groups is 1. The fourth-order valence-corrected chi connectivity index (χ4v) is 6.04. The third-order valence-electron chi connectivity index (χ3n) is 8.68. The Morgan fingerprint density at radius 1 is 0.744 bits per heavy atom. The van der Waals surface area contributed by atoms with Crippen LogP contribution in [0.5, 0.6) is 17.2 Å². The topological polar surface area (TPSA) is 76.2 Å². The summed E-state index contributed by atoms with van der Waals surface area (Å²) in [7, 11) is 6.74. The largest absolute Gasteiger partial charge is 0.497 e. The van der Waals surface area contributed by atoms with Crippen LogP contribution in [-0.4, -0.2) is 34.4 Å². The highest BCUT2D eigenvalue weighted by atomic mass is 16.5. The molecule has 0 saturated heterocycles. The van der Waals surface area contributed by atoms with Crippen LogP contribution in [0.15, 0.2) is 52.7 Å². The van der Waals surface area contributed by atoms with E-state index in [0.717, 1.165) is 56.3 Å². The maximum Gasteiger partial charge on any atom is 0.161 e. The van der Waals surface area contributed by atoms with Crippen LogP contribution in [0.1, 0.15) is 121 Å². The number of methoxy groups -OCH3 is 3. The molecule has 43 heavy (non-hydrogen) atoms. The number of rotatable bonds is 24. The van der Waals surface area contributed by atoms with Gasteiger partial charge in [-0.1, -0.05) is 95.8 Å². The van der Waals surface area contributed by atoms with Gasteiger partial charge >= 0.3 is 0 Å². The zero-order valence-electron chi connectivity index (χ0n) is 27.7. The summed E-state index contributed by atoms with van der Waals surface area (Å²) in [6.45, 7) is 2.27. The van der Waals surface area contributed by atoms with Crippen molar-refractivity contribution < 1.29 is 14.2 Å². The lowest BCUT2D eigenvalue weighted by Crippen LogP contribution is -2.25. The van der Waals surface area contributed by atoms with Crippen molar-refractivity contribution in [3.8, 4) is 23.3 Å². The van der Waals surface area contributed by atoms with Gasteiger partial charge < -0.3 is 14.2 Å². The summed E-state index contributed by atoms with van der Waals surface area (Å²) in [5.74, 6) is 2.24. The first kappa shape index (κ1) is 36.1. The Kier molecular flexibility index (Phi) is 18.1. The van der Waals surface area contributed by atoms with Crippen molar-refractivity contribution in [3.05, 3.63) is 53.6 Å². The van der Waals surface area contributed by atoms with Gasteiger partial charge in [0, 0.05) is 7.05 Å². The van der Waals surface area contributed by atoms with Crippen molar-refractivity contribution >= 4 is 0 Å². The first-order chi connectivity index (χ1) is 21.0. The standard InChI is InChI=1S/C37H57N3O3/c1-6-7-8-9-10-11-12-13-14-15-16-26-37(30-38,32-23-25-35(42-4)36(29-32)43-5)27-18-20-33(40-39-2)24-22-31-19-17-21-34(28-31)41-3/h17,19,21,23,25,28-29,33H,6-16,18,20,22,24,26-27H2,1-5H3/b40-39+. The van der Waals surface area contributed by atoms with Crippen molar-refractivity contribution in [2.75, 3.05) is 28.4 Å². The molecule has 2 unspecified atom stereocenters. The molecule has 0 saturated carbocycles. The molecule has 0 aliphatic heterocycles. The van der Waals surface area contributed by atoms with Crippen molar-refractivity contribution in [1.29, 1.82) is 5.26 Å². The Morgan fingerprint density at radius 2 is 1.40 bits per heavy atom. The SMILES string of the molecule is CCCCCCCCCCCCCC(C#N)(CCCC(CCc1cccc(OC)c1)/N=N/C)c1ccc(OC)c(OC)c1. The van der Waals surface area contributed by atoms with Gasteiger partial charge in [0.1, 0.15) is 5.75 Å². The Bertz CT molecular complexity index is 1100. The van der Waals surface area contributed by atoms with E-state index in [0.29, 0.717) is 11.5 Å². The van der Waals surface area contributed by atoms with Gasteiger partial charge in [0.15, 0.2) is 11.5 Å². The van der Waals surface area contributed by atoms with Crippen molar-refractivity contribution in [2.24, 2.45) is 10.2 Å². The number of ether oxygens (including phenoxy) is 3. The van der Waals surface area contributed by atoms with Crippen LogP contribution in [0.25, 0.3) is 0 Å². The minimum absolute atomic E-state index is 0.125. The summed E-state index contributed by atoms with van der Waals surface area (Å²) in [6, 6.07) is 17.1. The predicted molar refractivity (Wildman–Crippen MR) is 178 cm³/mol. The van der Waals surface area contributed by atoms with Crippen LogP contribution in [0.3, 0.4) is 0 Å². The number of hydrogen-bond acceptors (Lipinski definition) is 6. The molecule has 2 aromatic carbocycles. The second-order valence-electron chi connectivity index (χ2n) is 11.8. The molecule has 0 N–H and O–H groups in total. The van der Waals surface area contributed by atoms with Gasteiger partial charge in [-0.2, -0.15) is 15.5 Å². The molecule has 0 radical (unpaired) electrons. The van der Waals surface area contributed by atoms with E-state index < -0.39 is 5.41 Å². The highest BCUT2D eigenvalue weighted by Gasteiger charge is 2.32. The van der Waals surface area contributed by atoms with Crippen LogP contribution in [-0.2, 0) is 11.8 Å². The molecule has 0 amide bonds. The fraction of sp³-hybridized carbons (Fsp3) is 0.649. The highest BCUT2D eigenvalue weighted by Crippen LogP contribution is 2.40. The summed E-state index contributed by atoms with van der Waals surface area (Å²) in [5.41, 5.74) is 1.69. The van der Waals surface area contributed by atoms with Gasteiger partial charge in [-0.3, -0.25) is 0 Å². The maximum absolute atomic E-state index is 10.7. The number of unbranched alkanes of at least 4 members (excludes halogenated alkanes) is 10. The lowest BCUT2D eigenvalue weighted by molar-refractivity contribution is 0.351. The summed E-state index contributed by atoms with van der Waals surface area (Å²) in [6.07, 6.45) is 19.5. The predicted octanol–water partition coefficient (Wildman–Crippen LogP) is 10.4. The molecule has 0 heterocycles. The minimum atomic E-state index is -0.570. The smallest absolute Gasteiger partial charge is 0.161 e. The van der Waals surface area contributed by atoms with Gasteiger partial charge in [-0.25, -0.2) is 0 Å². The number of nitriles is 1. The van der Waals surface area contributed by atoms with E-state index in [1.165, 1.54) is 69.8 Å². The third-order valence-corrected chi connectivity index (χ3v) is 8.68. The lowest BCUT2D eigenvalue weighted by atomic mass is 9.73. The quantitative estimate of drug-likeness (QED) is 0.0899. The number of aryl methyl sites for hydroxylation is 1. The van der Waals surface area contributed by atoms with E-state index in [2.05, 4.69) is 41.4 Å². The molecule has 238 valence electrons. The average Bonchev–Trinajstić information content (AvgIpc) is 3.05. The van der Waals surface area contributed by atoms with Crippen LogP contribution >= 0.6 is 0 Å². The Balaban J connectivity index is 2.01. The van der Waals surface area contributed by atoms with E-state index in [1.807, 2.05) is 24.3 Å². The van der Waals surface area contributed by atoms with Gasteiger partial charge in [-0.15, -0.1) is 0 Å².